The fourth-order valence-electron chi connectivity index (χ4n) is 2.26. The Morgan fingerprint density at radius 2 is 1.95 bits per heavy atom. The summed E-state index contributed by atoms with van der Waals surface area (Å²) in [6, 6.07) is 5.86. The predicted molar refractivity (Wildman–Crippen MR) is 71.8 cm³/mol. The fourth-order valence-corrected chi connectivity index (χ4v) is 3.14. The monoisotopic (exact) mass is 298 g/mol. The smallest absolute Gasteiger partial charge is 0.335 e. The van der Waals surface area contributed by atoms with Crippen molar-refractivity contribution in [1.82, 2.24) is 0 Å². The Labute approximate surface area is 116 Å². The number of hydrogen-bond donors (Lipinski definition) is 2. The summed E-state index contributed by atoms with van der Waals surface area (Å²) < 4.78 is 22.1. The van der Waals surface area contributed by atoms with Gasteiger partial charge < -0.3 is 10.0 Å². The second kappa shape index (κ2) is 5.22. The molecule has 1 heterocycles. The highest BCUT2D eigenvalue weighted by atomic mass is 32.2. The number of carboxylic acid groups (broad SMARTS) is 1. The van der Waals surface area contributed by atoms with Crippen molar-refractivity contribution in [2.45, 2.75) is 6.42 Å². The van der Waals surface area contributed by atoms with Crippen molar-refractivity contribution in [2.24, 2.45) is 11.1 Å². The van der Waals surface area contributed by atoms with E-state index in [-0.39, 0.29) is 36.1 Å². The second-order valence-corrected chi connectivity index (χ2v) is 6.42. The zero-order chi connectivity index (χ0) is 14.9. The van der Waals surface area contributed by atoms with E-state index in [1.807, 2.05) is 0 Å². The Bertz CT molecular complexity index is 638. The van der Waals surface area contributed by atoms with Crippen LogP contribution in [0.4, 0.5) is 5.69 Å². The number of primary sulfonamides is 1. The third kappa shape index (κ3) is 3.34. The normalized spacial score (nSPS) is 19.4. The SMILES string of the molecule is NS(=O)(=O)CC1CC(=O)N(c2ccc(C(=O)O)cc2)C1. The average molecular weight is 298 g/mol. The molecule has 0 aliphatic carbocycles. The van der Waals surface area contributed by atoms with Gasteiger partial charge in [0.25, 0.3) is 0 Å². The van der Waals surface area contributed by atoms with Gasteiger partial charge >= 0.3 is 5.97 Å². The van der Waals surface area contributed by atoms with Gasteiger partial charge in [0.2, 0.25) is 15.9 Å². The molecule has 1 saturated heterocycles. The molecule has 3 N–H and O–H groups in total. The van der Waals surface area contributed by atoms with Gasteiger partial charge in [0.15, 0.2) is 0 Å². The number of nitrogens with two attached hydrogens (primary N) is 1. The molecular formula is C12H14N2O5S. The first-order valence-electron chi connectivity index (χ1n) is 5.90. The lowest BCUT2D eigenvalue weighted by atomic mass is 10.1. The van der Waals surface area contributed by atoms with Crippen molar-refractivity contribution in [3.05, 3.63) is 29.8 Å². The van der Waals surface area contributed by atoms with Crippen molar-refractivity contribution < 1.29 is 23.1 Å². The Balaban J connectivity index is 2.13. The number of carbonyl (C=O) groups is 2. The predicted octanol–water partition coefficient (Wildman–Crippen LogP) is 0.0262. The van der Waals surface area contributed by atoms with Gasteiger partial charge in [0, 0.05) is 24.6 Å². The molecule has 1 amide bonds. The standard InChI is InChI=1S/C12H14N2O5S/c13-20(18,19)7-8-5-11(15)14(6-8)10-3-1-9(2-4-10)12(16)17/h1-4,8H,5-7H2,(H,16,17)(H2,13,18,19). The van der Waals surface area contributed by atoms with Crippen molar-refractivity contribution >= 4 is 27.6 Å². The van der Waals surface area contributed by atoms with E-state index in [1.165, 1.54) is 29.2 Å². The van der Waals surface area contributed by atoms with Crippen LogP contribution in [0.1, 0.15) is 16.8 Å². The van der Waals surface area contributed by atoms with Gasteiger partial charge in [-0.15, -0.1) is 0 Å². The first-order valence-corrected chi connectivity index (χ1v) is 7.62. The summed E-state index contributed by atoms with van der Waals surface area (Å²) in [4.78, 5) is 24.1. The maximum atomic E-state index is 11.9. The molecule has 108 valence electrons. The number of hydrogen-bond acceptors (Lipinski definition) is 4. The maximum Gasteiger partial charge on any atom is 0.335 e. The number of nitrogens with zero attached hydrogens (tertiary/aromatic N) is 1. The van der Waals surface area contributed by atoms with Crippen molar-refractivity contribution in [1.29, 1.82) is 0 Å². The summed E-state index contributed by atoms with van der Waals surface area (Å²) in [5, 5.41) is 13.8. The Morgan fingerprint density at radius 1 is 1.35 bits per heavy atom. The molecule has 0 saturated carbocycles. The molecule has 7 nitrogen and oxygen atoms in total. The molecule has 0 aromatic heterocycles. The molecule has 0 spiro atoms. The van der Waals surface area contributed by atoms with Crippen LogP contribution in [0.3, 0.4) is 0 Å². The minimum atomic E-state index is -3.61. The summed E-state index contributed by atoms with van der Waals surface area (Å²) in [6.07, 6.45) is 0.122. The van der Waals surface area contributed by atoms with Crippen LogP contribution in [0.2, 0.25) is 0 Å². The number of rotatable bonds is 4. The average Bonchev–Trinajstić information content (AvgIpc) is 2.67. The van der Waals surface area contributed by atoms with Crippen LogP contribution in [-0.4, -0.2) is 37.7 Å². The number of carbonyl (C=O) groups excluding carboxylic acids is 1. The molecule has 1 atom stereocenters. The van der Waals surface area contributed by atoms with Gasteiger partial charge in [-0.25, -0.2) is 18.4 Å². The van der Waals surface area contributed by atoms with Gasteiger partial charge in [-0.05, 0) is 24.3 Å². The zero-order valence-electron chi connectivity index (χ0n) is 10.5. The van der Waals surface area contributed by atoms with Crippen molar-refractivity contribution in [3.63, 3.8) is 0 Å². The van der Waals surface area contributed by atoms with E-state index in [2.05, 4.69) is 0 Å². The maximum absolute atomic E-state index is 11.9. The van der Waals surface area contributed by atoms with Crippen molar-refractivity contribution in [3.8, 4) is 0 Å². The molecular weight excluding hydrogens is 284 g/mol. The highest BCUT2D eigenvalue weighted by molar-refractivity contribution is 7.89. The van der Waals surface area contributed by atoms with Gasteiger partial charge in [0.1, 0.15) is 0 Å². The number of benzene rings is 1. The number of anilines is 1. The van der Waals surface area contributed by atoms with Crippen LogP contribution in [-0.2, 0) is 14.8 Å². The van der Waals surface area contributed by atoms with Gasteiger partial charge in [-0.3, -0.25) is 4.79 Å². The van der Waals surface area contributed by atoms with Gasteiger partial charge in [0.05, 0.1) is 11.3 Å². The Kier molecular flexibility index (Phi) is 3.78. The summed E-state index contributed by atoms with van der Waals surface area (Å²) >= 11 is 0. The van der Waals surface area contributed by atoms with E-state index < -0.39 is 16.0 Å². The Hall–Kier alpha value is -1.93. The first kappa shape index (κ1) is 14.5. The number of amides is 1. The lowest BCUT2D eigenvalue weighted by molar-refractivity contribution is -0.117. The molecule has 1 aromatic carbocycles. The summed E-state index contributed by atoms with van der Waals surface area (Å²) in [5.74, 6) is -1.81. The minimum Gasteiger partial charge on any atom is -0.478 e. The molecule has 1 aromatic rings. The van der Waals surface area contributed by atoms with Gasteiger partial charge in [-0.2, -0.15) is 0 Å². The number of carboxylic acids is 1. The number of sulfonamides is 1. The van der Waals surface area contributed by atoms with Gasteiger partial charge in [-0.1, -0.05) is 0 Å². The molecule has 20 heavy (non-hydrogen) atoms. The molecule has 1 unspecified atom stereocenters. The zero-order valence-corrected chi connectivity index (χ0v) is 11.3. The molecule has 1 aliphatic rings. The molecule has 1 aliphatic heterocycles. The van der Waals surface area contributed by atoms with E-state index in [0.717, 1.165) is 0 Å². The lowest BCUT2D eigenvalue weighted by Crippen LogP contribution is -2.27. The highest BCUT2D eigenvalue weighted by Crippen LogP contribution is 2.25. The third-order valence-corrected chi connectivity index (χ3v) is 4.04. The van der Waals surface area contributed by atoms with E-state index in [1.54, 1.807) is 0 Å². The van der Waals surface area contributed by atoms with Crippen LogP contribution in [0.25, 0.3) is 0 Å². The summed E-state index contributed by atoms with van der Waals surface area (Å²) in [5.41, 5.74) is 0.679. The van der Waals surface area contributed by atoms with Crippen LogP contribution in [0.15, 0.2) is 24.3 Å². The highest BCUT2D eigenvalue weighted by Gasteiger charge is 2.32. The number of aromatic carboxylic acids is 1. The van der Waals surface area contributed by atoms with Crippen LogP contribution >= 0.6 is 0 Å². The topological polar surface area (TPSA) is 118 Å². The summed E-state index contributed by atoms with van der Waals surface area (Å²) in [6.45, 7) is 0.266. The molecule has 2 rings (SSSR count). The lowest BCUT2D eigenvalue weighted by Gasteiger charge is -2.16. The summed E-state index contributed by atoms with van der Waals surface area (Å²) in [7, 11) is -3.61. The molecule has 8 heteroatoms. The van der Waals surface area contributed by atoms with E-state index in [4.69, 9.17) is 10.2 Å². The van der Waals surface area contributed by atoms with Crippen LogP contribution in [0, 0.1) is 5.92 Å². The van der Waals surface area contributed by atoms with Crippen molar-refractivity contribution in [2.75, 3.05) is 17.2 Å². The molecule has 0 radical (unpaired) electrons. The fraction of sp³-hybridized carbons (Fsp3) is 0.333. The van der Waals surface area contributed by atoms with E-state index in [0.29, 0.717) is 5.69 Å². The van der Waals surface area contributed by atoms with E-state index >= 15 is 0 Å². The quantitative estimate of drug-likeness (QED) is 0.812. The first-order chi connectivity index (χ1) is 9.26. The Morgan fingerprint density at radius 3 is 2.45 bits per heavy atom. The molecule has 1 fully saturated rings. The molecule has 0 bridgehead atoms. The minimum absolute atomic E-state index is 0.122. The largest absolute Gasteiger partial charge is 0.478 e. The second-order valence-electron chi connectivity index (χ2n) is 4.76. The van der Waals surface area contributed by atoms with Crippen LogP contribution < -0.4 is 10.0 Å². The van der Waals surface area contributed by atoms with E-state index in [9.17, 15) is 18.0 Å². The van der Waals surface area contributed by atoms with Crippen LogP contribution in [0.5, 0.6) is 0 Å². The third-order valence-electron chi connectivity index (χ3n) is 3.10.